The molecule has 0 aromatic rings. The first-order valence-corrected chi connectivity index (χ1v) is 5.57. The number of hydrogen-bond donors (Lipinski definition) is 3. The lowest BCUT2D eigenvalue weighted by atomic mass is 10.4. The molecule has 0 radical (unpaired) electrons. The molecule has 1 rings (SSSR count). The number of carbonyl (C=O) groups excluding carboxylic acids is 2. The Morgan fingerprint density at radius 1 is 1.22 bits per heavy atom. The Labute approximate surface area is 120 Å². The number of amides is 2. The van der Waals surface area contributed by atoms with Gasteiger partial charge in [0.1, 0.15) is 0 Å². The van der Waals surface area contributed by atoms with Crippen LogP contribution in [0.5, 0.6) is 0 Å². The molecule has 0 bridgehead atoms. The van der Waals surface area contributed by atoms with Crippen LogP contribution in [0.4, 0.5) is 0 Å². The highest BCUT2D eigenvalue weighted by molar-refractivity contribution is 5.86. The standard InChI is InChI=1S/C10H20N4O2.2ClH/c1-14(8-2-3-8)5-4-12-10(16)7-13-9(15)6-11;;/h8H,2-7,11H2,1H3,(H,12,16)(H,13,15);2*1H. The fourth-order valence-electron chi connectivity index (χ4n) is 1.38. The first-order chi connectivity index (χ1) is 7.63. The van der Waals surface area contributed by atoms with Crippen molar-refractivity contribution in [1.29, 1.82) is 0 Å². The third kappa shape index (κ3) is 8.52. The molecule has 0 aromatic carbocycles. The third-order valence-electron chi connectivity index (χ3n) is 2.59. The van der Waals surface area contributed by atoms with Crippen molar-refractivity contribution >= 4 is 36.6 Å². The van der Waals surface area contributed by atoms with E-state index in [9.17, 15) is 9.59 Å². The van der Waals surface area contributed by atoms with Gasteiger partial charge in [-0.25, -0.2) is 0 Å². The van der Waals surface area contributed by atoms with Crippen LogP contribution in [-0.2, 0) is 9.59 Å². The van der Waals surface area contributed by atoms with Crippen molar-refractivity contribution in [3.8, 4) is 0 Å². The maximum atomic E-state index is 11.2. The van der Waals surface area contributed by atoms with Crippen molar-refractivity contribution in [2.24, 2.45) is 5.73 Å². The SMILES string of the molecule is CN(CCNC(=O)CNC(=O)CN)C1CC1.Cl.Cl. The average molecular weight is 301 g/mol. The van der Waals surface area contributed by atoms with Gasteiger partial charge in [0.05, 0.1) is 13.1 Å². The van der Waals surface area contributed by atoms with E-state index in [0.29, 0.717) is 12.6 Å². The van der Waals surface area contributed by atoms with E-state index in [0.717, 1.165) is 6.54 Å². The molecule has 0 unspecified atom stereocenters. The summed E-state index contributed by atoms with van der Waals surface area (Å²) in [5, 5.41) is 5.16. The van der Waals surface area contributed by atoms with Crippen LogP contribution in [0.2, 0.25) is 0 Å². The maximum Gasteiger partial charge on any atom is 0.239 e. The molecule has 4 N–H and O–H groups in total. The monoisotopic (exact) mass is 300 g/mol. The van der Waals surface area contributed by atoms with E-state index in [-0.39, 0.29) is 49.7 Å². The molecule has 108 valence electrons. The summed E-state index contributed by atoms with van der Waals surface area (Å²) >= 11 is 0. The molecule has 6 nitrogen and oxygen atoms in total. The van der Waals surface area contributed by atoms with Gasteiger partial charge < -0.3 is 21.3 Å². The van der Waals surface area contributed by atoms with E-state index in [4.69, 9.17) is 5.73 Å². The van der Waals surface area contributed by atoms with E-state index in [2.05, 4.69) is 22.6 Å². The first-order valence-electron chi connectivity index (χ1n) is 5.57. The quantitative estimate of drug-likeness (QED) is 0.569. The molecule has 0 aliphatic heterocycles. The number of nitrogens with one attached hydrogen (secondary N) is 2. The Balaban J connectivity index is 0. The highest BCUT2D eigenvalue weighted by Gasteiger charge is 2.25. The van der Waals surface area contributed by atoms with Crippen molar-refractivity contribution in [2.75, 3.05) is 33.2 Å². The summed E-state index contributed by atoms with van der Waals surface area (Å²) in [7, 11) is 2.06. The van der Waals surface area contributed by atoms with E-state index in [1.165, 1.54) is 12.8 Å². The van der Waals surface area contributed by atoms with E-state index < -0.39 is 0 Å². The summed E-state index contributed by atoms with van der Waals surface area (Å²) in [5.41, 5.74) is 5.09. The molecule has 2 amide bonds. The van der Waals surface area contributed by atoms with Crippen LogP contribution in [0.15, 0.2) is 0 Å². The Kier molecular flexibility index (Phi) is 11.4. The Hall–Kier alpha value is -0.560. The molecule has 1 fully saturated rings. The van der Waals surface area contributed by atoms with Gasteiger partial charge >= 0.3 is 0 Å². The largest absolute Gasteiger partial charge is 0.353 e. The maximum absolute atomic E-state index is 11.2. The second kappa shape index (κ2) is 10.4. The van der Waals surface area contributed by atoms with Gasteiger partial charge in [0.25, 0.3) is 0 Å². The van der Waals surface area contributed by atoms with Crippen LogP contribution in [0, 0.1) is 0 Å². The minimum absolute atomic E-state index is 0. The molecule has 0 aromatic heterocycles. The van der Waals surface area contributed by atoms with Gasteiger partial charge in [-0.2, -0.15) is 0 Å². The minimum Gasteiger partial charge on any atom is -0.353 e. The predicted octanol–water partition coefficient (Wildman–Crippen LogP) is -0.885. The number of likely N-dealkylation sites (N-methyl/N-ethyl adjacent to an activating group) is 1. The van der Waals surface area contributed by atoms with Crippen molar-refractivity contribution in [2.45, 2.75) is 18.9 Å². The molecule has 1 saturated carbocycles. The molecule has 0 spiro atoms. The molecular weight excluding hydrogens is 279 g/mol. The normalized spacial score (nSPS) is 13.3. The van der Waals surface area contributed by atoms with Gasteiger partial charge in [-0.3, -0.25) is 9.59 Å². The zero-order valence-corrected chi connectivity index (χ0v) is 12.1. The number of hydrogen-bond acceptors (Lipinski definition) is 4. The van der Waals surface area contributed by atoms with Crippen LogP contribution >= 0.6 is 24.8 Å². The average Bonchev–Trinajstić information content (AvgIpc) is 3.09. The zero-order chi connectivity index (χ0) is 12.0. The highest BCUT2D eigenvalue weighted by Crippen LogP contribution is 2.24. The van der Waals surface area contributed by atoms with Gasteiger partial charge in [0, 0.05) is 19.1 Å². The summed E-state index contributed by atoms with van der Waals surface area (Å²) in [6.45, 7) is 1.38. The van der Waals surface area contributed by atoms with Crippen LogP contribution in [0.1, 0.15) is 12.8 Å². The lowest BCUT2D eigenvalue weighted by Crippen LogP contribution is -2.41. The highest BCUT2D eigenvalue weighted by atomic mass is 35.5. The smallest absolute Gasteiger partial charge is 0.239 e. The van der Waals surface area contributed by atoms with Crippen molar-refractivity contribution in [3.63, 3.8) is 0 Å². The number of nitrogens with zero attached hydrogens (tertiary/aromatic N) is 1. The number of rotatable bonds is 7. The Morgan fingerprint density at radius 2 is 1.83 bits per heavy atom. The topological polar surface area (TPSA) is 87.5 Å². The van der Waals surface area contributed by atoms with E-state index in [1.54, 1.807) is 0 Å². The van der Waals surface area contributed by atoms with Crippen molar-refractivity contribution in [3.05, 3.63) is 0 Å². The fourth-order valence-corrected chi connectivity index (χ4v) is 1.38. The molecule has 0 heterocycles. The lowest BCUT2D eigenvalue weighted by molar-refractivity contribution is -0.125. The molecule has 8 heteroatoms. The first kappa shape index (κ1) is 19.8. The molecule has 0 saturated heterocycles. The second-order valence-corrected chi connectivity index (χ2v) is 4.04. The molecule has 0 atom stereocenters. The lowest BCUT2D eigenvalue weighted by Gasteiger charge is -2.15. The minimum atomic E-state index is -0.315. The van der Waals surface area contributed by atoms with Gasteiger partial charge in [-0.1, -0.05) is 0 Å². The number of carbonyl (C=O) groups is 2. The predicted molar refractivity (Wildman–Crippen MR) is 75.2 cm³/mol. The van der Waals surface area contributed by atoms with E-state index >= 15 is 0 Å². The summed E-state index contributed by atoms with van der Waals surface area (Å²) < 4.78 is 0. The van der Waals surface area contributed by atoms with Gasteiger partial charge in [0.2, 0.25) is 11.8 Å². The van der Waals surface area contributed by atoms with Crippen LogP contribution in [-0.4, -0.2) is 56.0 Å². The zero-order valence-electron chi connectivity index (χ0n) is 10.5. The number of nitrogens with two attached hydrogens (primary N) is 1. The molecule has 18 heavy (non-hydrogen) atoms. The summed E-state index contributed by atoms with van der Waals surface area (Å²) in [6, 6.07) is 0.703. The summed E-state index contributed by atoms with van der Waals surface area (Å²) in [6.07, 6.45) is 2.52. The van der Waals surface area contributed by atoms with Crippen molar-refractivity contribution < 1.29 is 9.59 Å². The second-order valence-electron chi connectivity index (χ2n) is 4.04. The Bertz CT molecular complexity index is 262. The molecular formula is C10H22Cl2N4O2. The van der Waals surface area contributed by atoms with E-state index in [1.807, 2.05) is 0 Å². The van der Waals surface area contributed by atoms with Crippen LogP contribution < -0.4 is 16.4 Å². The summed E-state index contributed by atoms with van der Waals surface area (Å²) in [5.74, 6) is -0.490. The number of halogens is 2. The van der Waals surface area contributed by atoms with Gasteiger partial charge in [0.15, 0.2) is 0 Å². The fraction of sp³-hybridized carbons (Fsp3) is 0.800. The van der Waals surface area contributed by atoms with Crippen LogP contribution in [0.25, 0.3) is 0 Å². The van der Waals surface area contributed by atoms with Gasteiger partial charge in [-0.05, 0) is 19.9 Å². The molecule has 1 aliphatic rings. The van der Waals surface area contributed by atoms with Crippen LogP contribution in [0.3, 0.4) is 0 Å². The molecule has 1 aliphatic carbocycles. The van der Waals surface area contributed by atoms with Crippen molar-refractivity contribution in [1.82, 2.24) is 15.5 Å². The Morgan fingerprint density at radius 3 is 2.33 bits per heavy atom. The third-order valence-corrected chi connectivity index (χ3v) is 2.59. The van der Waals surface area contributed by atoms with Gasteiger partial charge in [-0.15, -0.1) is 24.8 Å². The summed E-state index contributed by atoms with van der Waals surface area (Å²) in [4.78, 5) is 24.3.